The lowest BCUT2D eigenvalue weighted by Crippen LogP contribution is -2.24. The Labute approximate surface area is 152 Å². The summed E-state index contributed by atoms with van der Waals surface area (Å²) in [4.78, 5) is 12.0. The van der Waals surface area contributed by atoms with Crippen molar-refractivity contribution in [1.29, 1.82) is 0 Å². The van der Waals surface area contributed by atoms with Gasteiger partial charge in [0.05, 0.1) is 13.0 Å². The summed E-state index contributed by atoms with van der Waals surface area (Å²) >= 11 is 0. The first-order valence-electron chi connectivity index (χ1n) is 8.73. The molecule has 2 aromatic carbocycles. The predicted molar refractivity (Wildman–Crippen MR) is 97.7 cm³/mol. The van der Waals surface area contributed by atoms with Crippen molar-refractivity contribution in [1.82, 2.24) is 10.5 Å². The number of nitrogens with zero attached hydrogens (tertiary/aromatic N) is 1. The third-order valence-corrected chi connectivity index (χ3v) is 4.41. The fourth-order valence-electron chi connectivity index (χ4n) is 3.14. The molecule has 0 radical (unpaired) electrons. The highest BCUT2D eigenvalue weighted by molar-refractivity contribution is 5.78. The largest absolute Gasteiger partial charge is 0.490 e. The summed E-state index contributed by atoms with van der Waals surface area (Å²) in [5.74, 6) is 1.60. The molecule has 0 fully saturated rings. The number of amides is 1. The van der Waals surface area contributed by atoms with E-state index in [2.05, 4.69) is 23.5 Å². The van der Waals surface area contributed by atoms with E-state index >= 15 is 0 Å². The SMILES string of the molecule is CC1Cc2cc(-c3cc(CNC(=O)Cc4ccccc4)no3)ccc2O1. The van der Waals surface area contributed by atoms with Crippen molar-refractivity contribution in [3.8, 4) is 17.1 Å². The molecule has 0 saturated carbocycles. The Morgan fingerprint density at radius 1 is 1.19 bits per heavy atom. The molecule has 1 atom stereocenters. The molecule has 1 aliphatic rings. The van der Waals surface area contributed by atoms with Gasteiger partial charge >= 0.3 is 0 Å². The van der Waals surface area contributed by atoms with Crippen LogP contribution in [0.5, 0.6) is 5.75 Å². The van der Waals surface area contributed by atoms with Crippen LogP contribution >= 0.6 is 0 Å². The number of nitrogens with one attached hydrogen (secondary N) is 1. The lowest BCUT2D eigenvalue weighted by Gasteiger charge is -2.03. The van der Waals surface area contributed by atoms with Gasteiger partial charge in [0.15, 0.2) is 5.76 Å². The molecule has 132 valence electrons. The van der Waals surface area contributed by atoms with Gasteiger partial charge in [-0.3, -0.25) is 4.79 Å². The van der Waals surface area contributed by atoms with Crippen LogP contribution in [0.4, 0.5) is 0 Å². The molecule has 1 unspecified atom stereocenters. The van der Waals surface area contributed by atoms with Crippen molar-refractivity contribution in [3.05, 3.63) is 71.4 Å². The normalized spacial score (nSPS) is 15.3. The van der Waals surface area contributed by atoms with Gasteiger partial charge in [0.2, 0.25) is 5.91 Å². The number of hydrogen-bond acceptors (Lipinski definition) is 4. The number of rotatable bonds is 5. The van der Waals surface area contributed by atoms with Crippen LogP contribution in [-0.4, -0.2) is 17.2 Å². The highest BCUT2D eigenvalue weighted by atomic mass is 16.5. The molecule has 5 heteroatoms. The first-order chi connectivity index (χ1) is 12.7. The quantitative estimate of drug-likeness (QED) is 0.766. The van der Waals surface area contributed by atoms with Crippen molar-refractivity contribution in [3.63, 3.8) is 0 Å². The molecule has 1 aromatic heterocycles. The van der Waals surface area contributed by atoms with Gasteiger partial charge in [-0.2, -0.15) is 0 Å². The molecular weight excluding hydrogens is 328 g/mol. The van der Waals surface area contributed by atoms with E-state index < -0.39 is 0 Å². The Hall–Kier alpha value is -3.08. The molecule has 0 aliphatic carbocycles. The second-order valence-electron chi connectivity index (χ2n) is 6.58. The zero-order valence-electron chi connectivity index (χ0n) is 14.6. The van der Waals surface area contributed by atoms with E-state index in [9.17, 15) is 4.79 Å². The Balaban J connectivity index is 1.38. The van der Waals surface area contributed by atoms with Gasteiger partial charge in [-0.25, -0.2) is 0 Å². The molecule has 3 aromatic rings. The summed E-state index contributed by atoms with van der Waals surface area (Å²) in [6.45, 7) is 2.41. The van der Waals surface area contributed by atoms with Crippen LogP contribution in [0.25, 0.3) is 11.3 Å². The first-order valence-corrected chi connectivity index (χ1v) is 8.73. The van der Waals surface area contributed by atoms with Crippen LogP contribution < -0.4 is 10.1 Å². The van der Waals surface area contributed by atoms with E-state index in [-0.39, 0.29) is 12.0 Å². The molecule has 26 heavy (non-hydrogen) atoms. The highest BCUT2D eigenvalue weighted by Crippen LogP contribution is 2.33. The van der Waals surface area contributed by atoms with Crippen LogP contribution in [-0.2, 0) is 24.2 Å². The number of carbonyl (C=O) groups excluding carboxylic acids is 1. The zero-order chi connectivity index (χ0) is 17.9. The summed E-state index contributed by atoms with van der Waals surface area (Å²) in [5.41, 5.74) is 3.84. The van der Waals surface area contributed by atoms with E-state index in [1.807, 2.05) is 48.5 Å². The van der Waals surface area contributed by atoms with E-state index in [1.54, 1.807) is 0 Å². The van der Waals surface area contributed by atoms with Crippen LogP contribution in [0.2, 0.25) is 0 Å². The number of fused-ring (bicyclic) bond motifs is 1. The number of hydrogen-bond donors (Lipinski definition) is 1. The van der Waals surface area contributed by atoms with Crippen LogP contribution in [0.3, 0.4) is 0 Å². The van der Waals surface area contributed by atoms with Gasteiger partial charge in [0.25, 0.3) is 0 Å². The molecule has 5 nitrogen and oxygen atoms in total. The average molecular weight is 348 g/mol. The number of benzene rings is 2. The Bertz CT molecular complexity index is 918. The van der Waals surface area contributed by atoms with E-state index in [0.29, 0.717) is 24.4 Å². The summed E-state index contributed by atoms with van der Waals surface area (Å²) in [7, 11) is 0. The molecule has 2 heterocycles. The molecular formula is C21H20N2O3. The Morgan fingerprint density at radius 3 is 2.88 bits per heavy atom. The summed E-state index contributed by atoms with van der Waals surface area (Å²) < 4.78 is 11.2. The second kappa shape index (κ2) is 7.04. The van der Waals surface area contributed by atoms with E-state index in [4.69, 9.17) is 9.26 Å². The minimum Gasteiger partial charge on any atom is -0.490 e. The minimum atomic E-state index is -0.0376. The molecule has 1 N–H and O–H groups in total. The van der Waals surface area contributed by atoms with Gasteiger partial charge < -0.3 is 14.6 Å². The molecule has 4 rings (SSSR count). The molecule has 1 amide bonds. The van der Waals surface area contributed by atoms with E-state index in [0.717, 1.165) is 23.3 Å². The standard InChI is InChI=1S/C21H20N2O3/c1-14-9-17-11-16(7-8-19(17)25-14)20-12-18(23-26-20)13-22-21(24)10-15-5-3-2-4-6-15/h2-8,11-12,14H,9-10,13H2,1H3,(H,22,24). The van der Waals surface area contributed by atoms with E-state index in [1.165, 1.54) is 5.56 Å². The lowest BCUT2D eigenvalue weighted by atomic mass is 10.1. The van der Waals surface area contributed by atoms with Crippen molar-refractivity contribution in [2.45, 2.75) is 32.4 Å². The van der Waals surface area contributed by atoms with Crippen LogP contribution in [0.1, 0.15) is 23.7 Å². The van der Waals surface area contributed by atoms with Gasteiger partial charge in [-0.1, -0.05) is 35.5 Å². The maximum Gasteiger partial charge on any atom is 0.224 e. The maximum atomic E-state index is 12.0. The van der Waals surface area contributed by atoms with Crippen molar-refractivity contribution >= 4 is 5.91 Å². The molecule has 0 spiro atoms. The molecule has 0 saturated heterocycles. The maximum absolute atomic E-state index is 12.0. The zero-order valence-corrected chi connectivity index (χ0v) is 14.6. The predicted octanol–water partition coefficient (Wildman–Crippen LogP) is 3.52. The monoisotopic (exact) mass is 348 g/mol. The summed E-state index contributed by atoms with van der Waals surface area (Å²) in [6, 6.07) is 17.5. The first kappa shape index (κ1) is 16.4. The minimum absolute atomic E-state index is 0.0376. The topological polar surface area (TPSA) is 64.4 Å². The number of carbonyl (C=O) groups is 1. The third kappa shape index (κ3) is 3.61. The van der Waals surface area contributed by atoms with Gasteiger partial charge in [0.1, 0.15) is 17.5 Å². The number of aromatic nitrogens is 1. The Kier molecular flexibility index (Phi) is 4.44. The summed E-state index contributed by atoms with van der Waals surface area (Å²) in [5, 5.41) is 6.94. The van der Waals surface area contributed by atoms with Crippen LogP contribution in [0.15, 0.2) is 59.1 Å². The average Bonchev–Trinajstić information content (AvgIpc) is 3.25. The third-order valence-electron chi connectivity index (χ3n) is 4.41. The molecule has 0 bridgehead atoms. The van der Waals surface area contributed by atoms with Gasteiger partial charge in [-0.15, -0.1) is 0 Å². The van der Waals surface area contributed by atoms with Crippen molar-refractivity contribution < 1.29 is 14.1 Å². The van der Waals surface area contributed by atoms with Crippen molar-refractivity contribution in [2.24, 2.45) is 0 Å². The van der Waals surface area contributed by atoms with Crippen molar-refractivity contribution in [2.75, 3.05) is 0 Å². The van der Waals surface area contributed by atoms with Gasteiger partial charge in [0, 0.05) is 18.1 Å². The van der Waals surface area contributed by atoms with Crippen LogP contribution in [0, 0.1) is 0 Å². The lowest BCUT2D eigenvalue weighted by molar-refractivity contribution is -0.120. The summed E-state index contributed by atoms with van der Waals surface area (Å²) in [6.07, 6.45) is 1.47. The number of ether oxygens (including phenoxy) is 1. The fraction of sp³-hybridized carbons (Fsp3) is 0.238. The van der Waals surface area contributed by atoms with Gasteiger partial charge in [-0.05, 0) is 36.2 Å². The molecule has 1 aliphatic heterocycles. The Morgan fingerprint density at radius 2 is 2.04 bits per heavy atom. The highest BCUT2D eigenvalue weighted by Gasteiger charge is 2.20. The fourth-order valence-corrected chi connectivity index (χ4v) is 3.14. The smallest absolute Gasteiger partial charge is 0.224 e. The second-order valence-corrected chi connectivity index (χ2v) is 6.58.